The molecule has 0 spiro atoms. The molecule has 24 heavy (non-hydrogen) atoms. The van der Waals surface area contributed by atoms with Gasteiger partial charge in [-0.2, -0.15) is 4.31 Å². The third-order valence-corrected chi connectivity index (χ3v) is 8.39. The average Bonchev–Trinajstić information content (AvgIpc) is 2.95. The Morgan fingerprint density at radius 1 is 1.08 bits per heavy atom. The second-order valence-corrected chi connectivity index (χ2v) is 10.3. The highest BCUT2D eigenvalue weighted by Gasteiger charge is 2.23. The van der Waals surface area contributed by atoms with Crippen molar-refractivity contribution in [1.29, 1.82) is 0 Å². The summed E-state index contributed by atoms with van der Waals surface area (Å²) in [4.78, 5) is 0.0376. The topological polar surface area (TPSA) is 83.6 Å². The van der Waals surface area contributed by atoms with Crippen LogP contribution in [0.5, 0.6) is 0 Å². The largest absolute Gasteiger partial charge is 0.279 e. The summed E-state index contributed by atoms with van der Waals surface area (Å²) < 4.78 is 53.7. The van der Waals surface area contributed by atoms with E-state index in [1.54, 1.807) is 13.8 Å². The lowest BCUT2D eigenvalue weighted by molar-refractivity contribution is 0.445. The fourth-order valence-electron chi connectivity index (χ4n) is 2.08. The van der Waals surface area contributed by atoms with Gasteiger partial charge >= 0.3 is 0 Å². The zero-order chi connectivity index (χ0) is 18.0. The van der Waals surface area contributed by atoms with Gasteiger partial charge in [-0.05, 0) is 30.3 Å². The summed E-state index contributed by atoms with van der Waals surface area (Å²) in [6.45, 7) is 4.16. The molecule has 0 atom stereocenters. The van der Waals surface area contributed by atoms with E-state index >= 15 is 0 Å². The number of sulfonamides is 2. The van der Waals surface area contributed by atoms with Crippen molar-refractivity contribution in [3.05, 3.63) is 40.7 Å². The van der Waals surface area contributed by atoms with Crippen molar-refractivity contribution in [2.24, 2.45) is 0 Å². The minimum atomic E-state index is -3.81. The van der Waals surface area contributed by atoms with Gasteiger partial charge in [0.15, 0.2) is 0 Å². The molecule has 0 radical (unpaired) electrons. The molecule has 0 fully saturated rings. The molecule has 10 heteroatoms. The second kappa shape index (κ2) is 7.40. The summed E-state index contributed by atoms with van der Waals surface area (Å²) in [6, 6.07) is 8.62. The minimum absolute atomic E-state index is 0.0376. The van der Waals surface area contributed by atoms with Crippen LogP contribution >= 0.6 is 22.9 Å². The Morgan fingerprint density at radius 3 is 2.29 bits per heavy atom. The van der Waals surface area contributed by atoms with Crippen LogP contribution in [-0.2, 0) is 20.0 Å². The van der Waals surface area contributed by atoms with Crippen LogP contribution in [0.2, 0.25) is 4.34 Å². The molecule has 6 nitrogen and oxygen atoms in total. The van der Waals surface area contributed by atoms with Crippen LogP contribution in [0.3, 0.4) is 0 Å². The highest BCUT2D eigenvalue weighted by molar-refractivity contribution is 7.94. The van der Waals surface area contributed by atoms with E-state index in [4.69, 9.17) is 11.6 Å². The zero-order valence-corrected chi connectivity index (χ0v) is 16.3. The number of rotatable bonds is 7. The van der Waals surface area contributed by atoms with Crippen LogP contribution in [0.15, 0.2) is 45.5 Å². The molecule has 1 aromatic carbocycles. The van der Waals surface area contributed by atoms with Crippen molar-refractivity contribution in [3.63, 3.8) is 0 Å². The molecule has 1 N–H and O–H groups in total. The molecule has 0 aliphatic heterocycles. The fourth-order valence-corrected chi connectivity index (χ4v) is 6.12. The lowest BCUT2D eigenvalue weighted by atomic mass is 10.3. The number of thiophene rings is 1. The highest BCUT2D eigenvalue weighted by Crippen LogP contribution is 2.28. The van der Waals surface area contributed by atoms with Gasteiger partial charge in [-0.1, -0.05) is 31.5 Å². The number of nitrogens with one attached hydrogen (secondary N) is 1. The van der Waals surface area contributed by atoms with E-state index in [1.807, 2.05) is 0 Å². The van der Waals surface area contributed by atoms with Crippen LogP contribution in [0.25, 0.3) is 0 Å². The Labute approximate surface area is 151 Å². The Bertz CT molecular complexity index is 919. The van der Waals surface area contributed by atoms with Gasteiger partial charge in [0, 0.05) is 13.1 Å². The Hall–Kier alpha value is -1.13. The van der Waals surface area contributed by atoms with E-state index in [0.29, 0.717) is 17.4 Å². The molecule has 0 bridgehead atoms. The Balaban J connectivity index is 2.35. The number of hydrogen-bond acceptors (Lipinski definition) is 5. The van der Waals surface area contributed by atoms with Crippen LogP contribution in [0.4, 0.5) is 5.69 Å². The summed E-state index contributed by atoms with van der Waals surface area (Å²) in [7, 11) is -7.47. The molecule has 0 aliphatic carbocycles. The molecule has 0 amide bonds. The van der Waals surface area contributed by atoms with Crippen molar-refractivity contribution in [1.82, 2.24) is 4.31 Å². The lowest BCUT2D eigenvalue weighted by Gasteiger charge is -2.18. The summed E-state index contributed by atoms with van der Waals surface area (Å²) in [5.74, 6) is 0. The molecular weight excluding hydrogens is 392 g/mol. The van der Waals surface area contributed by atoms with Gasteiger partial charge < -0.3 is 0 Å². The van der Waals surface area contributed by atoms with Gasteiger partial charge in [0.05, 0.1) is 14.9 Å². The molecule has 2 aromatic rings. The average molecular weight is 409 g/mol. The molecule has 0 aliphatic rings. The summed E-state index contributed by atoms with van der Waals surface area (Å²) in [6.07, 6.45) is 0. The maximum Gasteiger partial charge on any atom is 0.271 e. The highest BCUT2D eigenvalue weighted by atomic mass is 35.5. The first kappa shape index (κ1) is 19.2. The smallest absolute Gasteiger partial charge is 0.271 e. The third-order valence-electron chi connectivity index (χ3n) is 3.24. The van der Waals surface area contributed by atoms with E-state index in [2.05, 4.69) is 4.72 Å². The summed E-state index contributed by atoms with van der Waals surface area (Å²) >= 11 is 6.69. The van der Waals surface area contributed by atoms with Gasteiger partial charge in [-0.15, -0.1) is 11.3 Å². The van der Waals surface area contributed by atoms with Gasteiger partial charge in [0.25, 0.3) is 10.0 Å². The number of halogens is 1. The van der Waals surface area contributed by atoms with Gasteiger partial charge in [-0.3, -0.25) is 4.72 Å². The quantitative estimate of drug-likeness (QED) is 0.762. The molecule has 0 saturated heterocycles. The molecule has 2 rings (SSSR count). The van der Waals surface area contributed by atoms with Gasteiger partial charge in [0.2, 0.25) is 10.0 Å². The predicted molar refractivity (Wildman–Crippen MR) is 96.7 cm³/mol. The van der Waals surface area contributed by atoms with Crippen molar-refractivity contribution in [2.45, 2.75) is 23.0 Å². The number of benzene rings is 1. The van der Waals surface area contributed by atoms with E-state index < -0.39 is 20.0 Å². The van der Waals surface area contributed by atoms with E-state index in [-0.39, 0.29) is 14.8 Å². The van der Waals surface area contributed by atoms with Crippen molar-refractivity contribution in [2.75, 3.05) is 17.8 Å². The summed E-state index contributed by atoms with van der Waals surface area (Å²) in [5, 5.41) is 0. The first-order chi connectivity index (χ1) is 11.2. The first-order valence-electron chi connectivity index (χ1n) is 7.09. The molecule has 1 heterocycles. The van der Waals surface area contributed by atoms with Crippen LogP contribution in [0, 0.1) is 0 Å². The van der Waals surface area contributed by atoms with E-state index in [1.165, 1.54) is 40.7 Å². The van der Waals surface area contributed by atoms with Crippen LogP contribution in [-0.4, -0.2) is 34.2 Å². The maximum atomic E-state index is 12.5. The Kier molecular flexibility index (Phi) is 5.92. The fraction of sp³-hybridized carbons (Fsp3) is 0.286. The lowest BCUT2D eigenvalue weighted by Crippen LogP contribution is -2.30. The molecular formula is C14H17ClN2O4S3. The van der Waals surface area contributed by atoms with Gasteiger partial charge in [0.1, 0.15) is 4.21 Å². The maximum absolute atomic E-state index is 12.5. The van der Waals surface area contributed by atoms with Crippen molar-refractivity contribution in [3.8, 4) is 0 Å². The van der Waals surface area contributed by atoms with Crippen LogP contribution < -0.4 is 4.72 Å². The van der Waals surface area contributed by atoms with E-state index in [9.17, 15) is 16.8 Å². The zero-order valence-electron chi connectivity index (χ0n) is 13.1. The number of hydrogen-bond donors (Lipinski definition) is 1. The minimum Gasteiger partial charge on any atom is -0.279 e. The molecule has 1 aromatic heterocycles. The standard InChI is InChI=1S/C14H17ClN2O4S3/c1-3-17(4-2)24(20,21)12-7-5-6-11(10-12)16-23(18,19)14-9-8-13(15)22-14/h5-10,16H,3-4H2,1-2H3. The van der Waals surface area contributed by atoms with Gasteiger partial charge in [-0.25, -0.2) is 16.8 Å². The number of nitrogens with zero attached hydrogens (tertiary/aromatic N) is 1. The molecule has 0 saturated carbocycles. The van der Waals surface area contributed by atoms with Crippen molar-refractivity contribution < 1.29 is 16.8 Å². The predicted octanol–water partition coefficient (Wildman–Crippen LogP) is 3.23. The Morgan fingerprint density at radius 2 is 1.75 bits per heavy atom. The normalized spacial score (nSPS) is 12.5. The van der Waals surface area contributed by atoms with Crippen molar-refractivity contribution >= 4 is 48.7 Å². The third kappa shape index (κ3) is 4.09. The molecule has 132 valence electrons. The number of anilines is 1. The van der Waals surface area contributed by atoms with Crippen LogP contribution in [0.1, 0.15) is 13.8 Å². The SMILES string of the molecule is CCN(CC)S(=O)(=O)c1cccc(NS(=O)(=O)c2ccc(Cl)s2)c1. The monoisotopic (exact) mass is 408 g/mol. The first-order valence-corrected chi connectivity index (χ1v) is 11.2. The second-order valence-electron chi connectivity index (χ2n) is 4.78. The van der Waals surface area contributed by atoms with E-state index in [0.717, 1.165) is 11.3 Å². The summed E-state index contributed by atoms with van der Waals surface area (Å²) in [5.41, 5.74) is 0.174. The molecule has 0 unspecified atom stereocenters.